The Morgan fingerprint density at radius 3 is 2.41 bits per heavy atom. The molecule has 0 radical (unpaired) electrons. The van der Waals surface area contributed by atoms with Gasteiger partial charge in [0.2, 0.25) is 0 Å². The quantitative estimate of drug-likeness (QED) is 0.470. The van der Waals surface area contributed by atoms with Crippen LogP contribution in [-0.2, 0) is 20.8 Å². The van der Waals surface area contributed by atoms with E-state index >= 15 is 0 Å². The van der Waals surface area contributed by atoms with Gasteiger partial charge in [-0.1, -0.05) is 18.2 Å². The number of hydrogen-bond acceptors (Lipinski definition) is 6. The smallest absolute Gasteiger partial charge is 0.147 e. The van der Waals surface area contributed by atoms with Gasteiger partial charge in [0.15, 0.2) is 0 Å². The summed E-state index contributed by atoms with van der Waals surface area (Å²) in [5.74, 6) is 0.773. The van der Waals surface area contributed by atoms with E-state index in [2.05, 4.69) is 6.58 Å². The van der Waals surface area contributed by atoms with Crippen molar-refractivity contribution in [3.63, 3.8) is 0 Å². The minimum absolute atomic E-state index is 0.0635. The molecule has 0 heterocycles. The van der Waals surface area contributed by atoms with Crippen LogP contribution in [0.5, 0.6) is 5.75 Å². The van der Waals surface area contributed by atoms with Crippen LogP contribution < -0.4 is 10.5 Å². The first-order valence-corrected chi connectivity index (χ1v) is 7.02. The topological polar surface area (TPSA) is 83.2 Å². The number of nitrogens with two attached hydrogens (primary N) is 1. The molecule has 0 aromatic heterocycles. The fraction of sp³-hybridized carbons (Fsp3) is 0.500. The highest BCUT2D eigenvalue weighted by molar-refractivity contribution is 5.26. The van der Waals surface area contributed by atoms with Gasteiger partial charge in [-0.3, -0.25) is 0 Å². The van der Waals surface area contributed by atoms with Gasteiger partial charge in [0.1, 0.15) is 24.8 Å². The molecule has 0 fully saturated rings. The normalized spacial score (nSPS) is 15.1. The SMILES string of the molecule is C=C[C@@H](OCOC)[C@H](OCc1ccc(OC)cc1)[C@H](O)CN. The average molecular weight is 311 g/mol. The van der Waals surface area contributed by atoms with Gasteiger partial charge in [0.05, 0.1) is 19.8 Å². The van der Waals surface area contributed by atoms with E-state index in [-0.39, 0.29) is 13.3 Å². The number of rotatable bonds is 11. The maximum Gasteiger partial charge on any atom is 0.147 e. The Morgan fingerprint density at radius 1 is 1.23 bits per heavy atom. The van der Waals surface area contributed by atoms with Gasteiger partial charge >= 0.3 is 0 Å². The Kier molecular flexibility index (Phi) is 8.72. The monoisotopic (exact) mass is 311 g/mol. The zero-order valence-electron chi connectivity index (χ0n) is 13.1. The lowest BCUT2D eigenvalue weighted by Crippen LogP contribution is -2.44. The molecule has 3 N–H and O–H groups in total. The maximum atomic E-state index is 10.0. The van der Waals surface area contributed by atoms with E-state index in [0.717, 1.165) is 11.3 Å². The van der Waals surface area contributed by atoms with Crippen molar-refractivity contribution in [2.24, 2.45) is 5.73 Å². The minimum Gasteiger partial charge on any atom is -0.497 e. The van der Waals surface area contributed by atoms with Crippen molar-refractivity contribution in [3.05, 3.63) is 42.5 Å². The standard InChI is InChI=1S/C16H25NO5/c1-4-15(22-11-19-2)16(14(18)9-17)21-10-12-5-7-13(20-3)8-6-12/h4-8,14-16,18H,1,9-11,17H2,2-3H3/t14-,15-,16-/m1/s1. The molecular formula is C16H25NO5. The molecule has 0 bridgehead atoms. The van der Waals surface area contributed by atoms with Gasteiger partial charge in [-0.15, -0.1) is 6.58 Å². The zero-order chi connectivity index (χ0) is 16.4. The first-order chi connectivity index (χ1) is 10.7. The molecule has 0 saturated carbocycles. The molecule has 0 unspecified atom stereocenters. The van der Waals surface area contributed by atoms with Crippen LogP contribution in [0.3, 0.4) is 0 Å². The summed E-state index contributed by atoms with van der Waals surface area (Å²) < 4.78 is 21.2. The molecule has 1 aromatic carbocycles. The predicted octanol–water partition coefficient (Wildman–Crippen LogP) is 1.08. The molecule has 22 heavy (non-hydrogen) atoms. The van der Waals surface area contributed by atoms with Gasteiger partial charge in [-0.2, -0.15) is 0 Å². The summed E-state index contributed by atoms with van der Waals surface area (Å²) in [5, 5.41) is 10.0. The molecular weight excluding hydrogens is 286 g/mol. The third-order valence-corrected chi connectivity index (χ3v) is 3.16. The summed E-state index contributed by atoms with van der Waals surface area (Å²) in [5.41, 5.74) is 6.48. The lowest BCUT2D eigenvalue weighted by atomic mass is 10.1. The third-order valence-electron chi connectivity index (χ3n) is 3.16. The second kappa shape index (κ2) is 10.3. The van der Waals surface area contributed by atoms with Crippen LogP contribution in [0.1, 0.15) is 5.56 Å². The predicted molar refractivity (Wildman–Crippen MR) is 83.6 cm³/mol. The Hall–Kier alpha value is -1.44. The number of benzene rings is 1. The van der Waals surface area contributed by atoms with Crippen molar-refractivity contribution >= 4 is 0 Å². The average Bonchev–Trinajstić information content (AvgIpc) is 2.57. The van der Waals surface area contributed by atoms with E-state index in [9.17, 15) is 5.11 Å². The number of hydrogen-bond donors (Lipinski definition) is 2. The van der Waals surface area contributed by atoms with Crippen molar-refractivity contribution in [1.82, 2.24) is 0 Å². The maximum absolute atomic E-state index is 10.0. The van der Waals surface area contributed by atoms with Gasteiger partial charge < -0.3 is 29.8 Å². The van der Waals surface area contributed by atoms with E-state index in [1.807, 2.05) is 24.3 Å². The van der Waals surface area contributed by atoms with Gasteiger partial charge in [0.25, 0.3) is 0 Å². The summed E-state index contributed by atoms with van der Waals surface area (Å²) >= 11 is 0. The molecule has 1 rings (SSSR count). The molecule has 3 atom stereocenters. The Balaban J connectivity index is 2.68. The highest BCUT2D eigenvalue weighted by Gasteiger charge is 2.27. The Labute approximate surface area is 131 Å². The van der Waals surface area contributed by atoms with Gasteiger partial charge in [0, 0.05) is 13.7 Å². The van der Waals surface area contributed by atoms with Crippen LogP contribution in [-0.4, -0.2) is 51.0 Å². The highest BCUT2D eigenvalue weighted by atomic mass is 16.7. The molecule has 0 aliphatic heterocycles. The van der Waals surface area contributed by atoms with Crippen LogP contribution in [0.4, 0.5) is 0 Å². The zero-order valence-corrected chi connectivity index (χ0v) is 13.1. The molecule has 1 aromatic rings. The van der Waals surface area contributed by atoms with Crippen molar-refractivity contribution in [3.8, 4) is 5.75 Å². The molecule has 0 amide bonds. The molecule has 0 spiro atoms. The van der Waals surface area contributed by atoms with Crippen molar-refractivity contribution < 1.29 is 24.1 Å². The summed E-state index contributed by atoms with van der Waals surface area (Å²) in [6.45, 7) is 4.16. The number of methoxy groups -OCH3 is 2. The molecule has 124 valence electrons. The molecule has 6 nitrogen and oxygen atoms in total. The van der Waals surface area contributed by atoms with Crippen LogP contribution in [0.2, 0.25) is 0 Å². The van der Waals surface area contributed by atoms with Crippen LogP contribution in [0, 0.1) is 0 Å². The van der Waals surface area contributed by atoms with E-state index in [4.69, 9.17) is 24.7 Å². The number of aliphatic hydroxyl groups excluding tert-OH is 1. The van der Waals surface area contributed by atoms with E-state index in [1.165, 1.54) is 7.11 Å². The fourth-order valence-corrected chi connectivity index (χ4v) is 1.92. The van der Waals surface area contributed by atoms with Crippen LogP contribution in [0.25, 0.3) is 0 Å². The van der Waals surface area contributed by atoms with E-state index < -0.39 is 18.3 Å². The lowest BCUT2D eigenvalue weighted by Gasteiger charge is -2.28. The minimum atomic E-state index is -0.863. The van der Waals surface area contributed by atoms with E-state index in [0.29, 0.717) is 6.61 Å². The highest BCUT2D eigenvalue weighted by Crippen LogP contribution is 2.16. The first kappa shape index (κ1) is 18.6. The van der Waals surface area contributed by atoms with Gasteiger partial charge in [-0.25, -0.2) is 0 Å². The van der Waals surface area contributed by atoms with Crippen LogP contribution >= 0.6 is 0 Å². The summed E-state index contributed by atoms with van der Waals surface area (Å²) in [6, 6.07) is 7.48. The molecule has 0 saturated heterocycles. The first-order valence-electron chi connectivity index (χ1n) is 7.02. The fourth-order valence-electron chi connectivity index (χ4n) is 1.92. The van der Waals surface area contributed by atoms with Gasteiger partial charge in [-0.05, 0) is 17.7 Å². The molecule has 6 heteroatoms. The van der Waals surface area contributed by atoms with Crippen LogP contribution in [0.15, 0.2) is 36.9 Å². The molecule has 0 aliphatic carbocycles. The second-order valence-corrected chi connectivity index (χ2v) is 4.70. The van der Waals surface area contributed by atoms with E-state index in [1.54, 1.807) is 13.2 Å². The molecule has 0 aliphatic rings. The Bertz CT molecular complexity index is 423. The lowest BCUT2D eigenvalue weighted by molar-refractivity contribution is -0.143. The number of ether oxygens (including phenoxy) is 4. The summed E-state index contributed by atoms with van der Waals surface area (Å²) in [4.78, 5) is 0. The van der Waals surface area contributed by atoms with Crippen molar-refractivity contribution in [1.29, 1.82) is 0 Å². The summed E-state index contributed by atoms with van der Waals surface area (Å²) in [6.07, 6.45) is -0.439. The summed E-state index contributed by atoms with van der Waals surface area (Å²) in [7, 11) is 3.13. The van der Waals surface area contributed by atoms with Crippen molar-refractivity contribution in [2.75, 3.05) is 27.6 Å². The second-order valence-electron chi connectivity index (χ2n) is 4.70. The largest absolute Gasteiger partial charge is 0.497 e. The number of aliphatic hydroxyl groups is 1. The Morgan fingerprint density at radius 2 is 1.91 bits per heavy atom. The van der Waals surface area contributed by atoms with Crippen molar-refractivity contribution in [2.45, 2.75) is 24.9 Å². The third kappa shape index (κ3) is 5.75.